The van der Waals surface area contributed by atoms with E-state index in [1.807, 2.05) is 6.92 Å². The molecule has 0 spiro atoms. The summed E-state index contributed by atoms with van der Waals surface area (Å²) in [4.78, 5) is 27.3. The molecule has 0 aromatic carbocycles. The van der Waals surface area contributed by atoms with Crippen LogP contribution in [0.15, 0.2) is 21.7 Å². The van der Waals surface area contributed by atoms with Gasteiger partial charge in [-0.05, 0) is 35.7 Å². The van der Waals surface area contributed by atoms with Gasteiger partial charge in [0, 0.05) is 22.4 Å². The van der Waals surface area contributed by atoms with Crippen molar-refractivity contribution in [3.63, 3.8) is 0 Å². The summed E-state index contributed by atoms with van der Waals surface area (Å²) in [5.74, 6) is -0.447. The first kappa shape index (κ1) is 12.5. The molecule has 3 rings (SSSR count). The molecule has 0 bridgehead atoms. The molecule has 1 aliphatic carbocycles. The molecule has 0 radical (unpaired) electrons. The third-order valence-electron chi connectivity index (χ3n) is 3.75. The Morgan fingerprint density at radius 2 is 2.21 bits per heavy atom. The molecule has 0 aliphatic heterocycles. The van der Waals surface area contributed by atoms with Crippen LogP contribution in [0, 0.1) is 0 Å². The molecule has 0 atom stereocenters. The van der Waals surface area contributed by atoms with E-state index in [1.165, 1.54) is 7.11 Å². The van der Waals surface area contributed by atoms with Gasteiger partial charge in [0.2, 0.25) is 0 Å². The van der Waals surface area contributed by atoms with E-state index in [9.17, 15) is 9.59 Å². The molecule has 1 fully saturated rings. The lowest BCUT2D eigenvalue weighted by Gasteiger charge is -2.15. The molecule has 2 aromatic rings. The summed E-state index contributed by atoms with van der Waals surface area (Å²) in [6.45, 7) is 2.02. The third-order valence-corrected chi connectivity index (χ3v) is 4.38. The van der Waals surface area contributed by atoms with Crippen molar-refractivity contribution in [2.24, 2.45) is 0 Å². The van der Waals surface area contributed by atoms with Crippen LogP contribution in [0.1, 0.15) is 30.1 Å². The number of hydrogen-bond donors (Lipinski definition) is 1. The minimum absolute atomic E-state index is 0.0872. The summed E-state index contributed by atoms with van der Waals surface area (Å²) in [5, 5.41) is 0.496. The van der Waals surface area contributed by atoms with Crippen molar-refractivity contribution >= 4 is 32.8 Å². The van der Waals surface area contributed by atoms with Gasteiger partial charge in [0.25, 0.3) is 5.56 Å². The van der Waals surface area contributed by atoms with E-state index >= 15 is 0 Å². The minimum Gasteiger partial charge on any atom is -0.465 e. The van der Waals surface area contributed by atoms with Crippen molar-refractivity contribution < 1.29 is 9.53 Å². The van der Waals surface area contributed by atoms with Gasteiger partial charge in [-0.3, -0.25) is 4.79 Å². The average molecular weight is 325 g/mol. The molecule has 19 heavy (non-hydrogen) atoms. The van der Waals surface area contributed by atoms with Gasteiger partial charge in [0.05, 0.1) is 18.0 Å². The van der Waals surface area contributed by atoms with Crippen molar-refractivity contribution in [3.8, 4) is 0 Å². The Labute approximate surface area is 117 Å². The number of halogens is 1. The van der Waals surface area contributed by atoms with Crippen molar-refractivity contribution in [2.75, 3.05) is 7.11 Å². The quantitative estimate of drug-likeness (QED) is 0.863. The third kappa shape index (κ3) is 1.74. The minimum atomic E-state index is -0.447. The van der Waals surface area contributed by atoms with E-state index in [1.54, 1.807) is 17.0 Å². The summed E-state index contributed by atoms with van der Waals surface area (Å²) in [6, 6.07) is 0. The number of methoxy groups -OCH3 is 1. The molecule has 100 valence electrons. The fourth-order valence-electron chi connectivity index (χ4n) is 2.28. The lowest BCUT2D eigenvalue weighted by Crippen LogP contribution is -2.29. The molecule has 0 unspecified atom stereocenters. The van der Waals surface area contributed by atoms with Gasteiger partial charge < -0.3 is 14.3 Å². The smallest absolute Gasteiger partial charge is 0.341 e. The molecule has 1 N–H and O–H groups in total. The van der Waals surface area contributed by atoms with E-state index in [0.29, 0.717) is 20.9 Å². The van der Waals surface area contributed by atoms with Crippen molar-refractivity contribution in [3.05, 3.63) is 32.8 Å². The van der Waals surface area contributed by atoms with Crippen molar-refractivity contribution in [1.82, 2.24) is 9.55 Å². The Morgan fingerprint density at radius 3 is 2.79 bits per heavy atom. The van der Waals surface area contributed by atoms with E-state index in [0.717, 1.165) is 12.8 Å². The predicted molar refractivity (Wildman–Crippen MR) is 74.5 cm³/mol. The Balaban J connectivity index is 2.40. The van der Waals surface area contributed by atoms with E-state index < -0.39 is 5.97 Å². The number of rotatable bonds is 2. The van der Waals surface area contributed by atoms with Gasteiger partial charge in [-0.2, -0.15) is 0 Å². The SMILES string of the molecule is COC(=O)c1cn(C2(C)CC2)c(=O)c2c(Br)c[nH]c12. The number of carbonyl (C=O) groups excluding carboxylic acids is 1. The summed E-state index contributed by atoms with van der Waals surface area (Å²) in [5.41, 5.74) is 0.640. The standard InChI is InChI=1S/C13H13BrN2O3/c1-13(3-4-13)16-6-7(12(18)19-2)10-9(11(16)17)8(14)5-15-10/h5-6,15H,3-4H2,1-2H3. The number of esters is 1. The van der Waals surface area contributed by atoms with Crippen LogP contribution < -0.4 is 5.56 Å². The van der Waals surface area contributed by atoms with Crippen molar-refractivity contribution in [2.45, 2.75) is 25.3 Å². The van der Waals surface area contributed by atoms with E-state index in [-0.39, 0.29) is 11.1 Å². The number of nitrogens with zero attached hydrogens (tertiary/aromatic N) is 1. The zero-order valence-electron chi connectivity index (χ0n) is 10.6. The molecular formula is C13H13BrN2O3. The van der Waals surface area contributed by atoms with Gasteiger partial charge in [0.1, 0.15) is 5.56 Å². The van der Waals surface area contributed by atoms with Crippen LogP contribution in [0.2, 0.25) is 0 Å². The molecule has 0 saturated heterocycles. The number of fused-ring (bicyclic) bond motifs is 1. The number of aromatic amines is 1. The van der Waals surface area contributed by atoms with Gasteiger partial charge in [-0.25, -0.2) is 4.79 Å². The Morgan fingerprint density at radius 1 is 1.53 bits per heavy atom. The van der Waals surface area contributed by atoms with Crippen LogP contribution in [0.25, 0.3) is 10.9 Å². The van der Waals surface area contributed by atoms with Crippen molar-refractivity contribution in [1.29, 1.82) is 0 Å². The highest BCUT2D eigenvalue weighted by molar-refractivity contribution is 9.10. The number of H-pyrrole nitrogens is 1. The molecule has 0 amide bonds. The second-order valence-corrected chi connectivity index (χ2v) is 5.95. The summed E-state index contributed by atoms with van der Waals surface area (Å²) in [6.07, 6.45) is 5.16. The molecule has 6 heteroatoms. The molecule has 1 saturated carbocycles. The predicted octanol–water partition coefficient (Wildman–Crippen LogP) is 2.39. The second-order valence-electron chi connectivity index (χ2n) is 5.09. The highest BCUT2D eigenvalue weighted by Crippen LogP contribution is 2.42. The maximum absolute atomic E-state index is 12.5. The molecule has 2 aromatic heterocycles. The number of hydrogen-bond acceptors (Lipinski definition) is 3. The lowest BCUT2D eigenvalue weighted by atomic mass is 10.2. The largest absolute Gasteiger partial charge is 0.465 e. The normalized spacial score (nSPS) is 16.6. The Hall–Kier alpha value is -1.56. The first-order valence-electron chi connectivity index (χ1n) is 5.99. The molecule has 2 heterocycles. The molecule has 5 nitrogen and oxygen atoms in total. The Bertz CT molecular complexity index is 740. The van der Waals surface area contributed by atoms with Gasteiger partial charge in [0.15, 0.2) is 0 Å². The monoisotopic (exact) mass is 324 g/mol. The molecule has 1 aliphatic rings. The fraction of sp³-hybridized carbons (Fsp3) is 0.385. The maximum Gasteiger partial charge on any atom is 0.341 e. The number of pyridine rings is 1. The average Bonchev–Trinajstić information content (AvgIpc) is 3.01. The number of nitrogens with one attached hydrogen (secondary N) is 1. The highest BCUT2D eigenvalue weighted by Gasteiger charge is 2.41. The summed E-state index contributed by atoms with van der Waals surface area (Å²) < 4.78 is 7.11. The van der Waals surface area contributed by atoms with Crippen LogP contribution in [0.4, 0.5) is 0 Å². The molecular weight excluding hydrogens is 312 g/mol. The first-order valence-corrected chi connectivity index (χ1v) is 6.78. The van der Waals surface area contributed by atoms with Crippen LogP contribution in [-0.4, -0.2) is 22.6 Å². The number of aromatic nitrogens is 2. The van der Waals surface area contributed by atoms with Crippen LogP contribution in [0.3, 0.4) is 0 Å². The van der Waals surface area contributed by atoms with Crippen LogP contribution in [0.5, 0.6) is 0 Å². The number of ether oxygens (including phenoxy) is 1. The summed E-state index contributed by atoms with van der Waals surface area (Å²) in [7, 11) is 1.33. The van der Waals surface area contributed by atoms with Gasteiger partial charge in [-0.15, -0.1) is 0 Å². The first-order chi connectivity index (χ1) is 8.98. The Kier molecular flexibility index (Phi) is 2.60. The van der Waals surface area contributed by atoms with Crippen LogP contribution in [-0.2, 0) is 10.3 Å². The summed E-state index contributed by atoms with van der Waals surface area (Å²) >= 11 is 3.35. The maximum atomic E-state index is 12.5. The van der Waals surface area contributed by atoms with Gasteiger partial charge in [-0.1, -0.05) is 0 Å². The lowest BCUT2D eigenvalue weighted by molar-refractivity contribution is 0.0601. The zero-order valence-corrected chi connectivity index (χ0v) is 12.2. The van der Waals surface area contributed by atoms with E-state index in [4.69, 9.17) is 4.74 Å². The second kappa shape index (κ2) is 3.96. The van der Waals surface area contributed by atoms with Crippen LogP contribution >= 0.6 is 15.9 Å². The zero-order chi connectivity index (χ0) is 13.8. The van der Waals surface area contributed by atoms with Gasteiger partial charge >= 0.3 is 5.97 Å². The highest BCUT2D eigenvalue weighted by atomic mass is 79.9. The topological polar surface area (TPSA) is 64.1 Å². The van der Waals surface area contributed by atoms with E-state index in [2.05, 4.69) is 20.9 Å². The fourth-order valence-corrected chi connectivity index (χ4v) is 2.76. The number of carbonyl (C=O) groups is 1.